The van der Waals surface area contributed by atoms with Gasteiger partial charge in [0, 0.05) is 37.9 Å². The van der Waals surface area contributed by atoms with Gasteiger partial charge in [0.15, 0.2) is 0 Å². The van der Waals surface area contributed by atoms with Gasteiger partial charge in [-0.15, -0.1) is 0 Å². The second-order valence-corrected chi connectivity index (χ2v) is 5.96. The number of hydrogen-bond donors (Lipinski definition) is 0. The van der Waals surface area contributed by atoms with Crippen molar-refractivity contribution < 1.29 is 4.79 Å². The molecule has 3 rings (SSSR count). The van der Waals surface area contributed by atoms with E-state index >= 15 is 0 Å². The first kappa shape index (κ1) is 16.2. The lowest BCUT2D eigenvalue weighted by molar-refractivity contribution is -0.130. The fourth-order valence-corrected chi connectivity index (χ4v) is 2.76. The summed E-state index contributed by atoms with van der Waals surface area (Å²) < 4.78 is 1.96. The highest BCUT2D eigenvalue weighted by atomic mass is 16.2. The van der Waals surface area contributed by atoms with Crippen molar-refractivity contribution in [2.75, 3.05) is 13.1 Å². The predicted molar refractivity (Wildman–Crippen MR) is 93.8 cm³/mol. The molecule has 0 saturated heterocycles. The lowest BCUT2D eigenvalue weighted by Crippen LogP contribution is -2.34. The molecule has 24 heavy (non-hydrogen) atoms. The SMILES string of the molecule is CCN(CCc1ccncc1)C(=O)Cc1cn2ccc(C)cc2n1. The molecule has 0 aliphatic rings. The third-order valence-corrected chi connectivity index (χ3v) is 4.15. The molecule has 3 heterocycles. The van der Waals surface area contributed by atoms with Crippen LogP contribution in [-0.2, 0) is 17.6 Å². The highest BCUT2D eigenvalue weighted by Crippen LogP contribution is 2.10. The van der Waals surface area contributed by atoms with Crippen LogP contribution in [0.25, 0.3) is 5.65 Å². The highest BCUT2D eigenvalue weighted by molar-refractivity contribution is 5.78. The largest absolute Gasteiger partial charge is 0.342 e. The number of likely N-dealkylation sites (N-methyl/N-ethyl adjacent to an activating group) is 1. The number of amides is 1. The van der Waals surface area contributed by atoms with Crippen molar-refractivity contribution in [3.05, 3.63) is 65.9 Å². The van der Waals surface area contributed by atoms with Gasteiger partial charge >= 0.3 is 0 Å². The Labute approximate surface area is 142 Å². The molecule has 0 aromatic carbocycles. The zero-order chi connectivity index (χ0) is 16.9. The summed E-state index contributed by atoms with van der Waals surface area (Å²) >= 11 is 0. The fraction of sp³-hybridized carbons (Fsp3) is 0.316. The summed E-state index contributed by atoms with van der Waals surface area (Å²) in [6.45, 7) is 5.47. The number of pyridine rings is 2. The average Bonchev–Trinajstić information content (AvgIpc) is 2.97. The Balaban J connectivity index is 1.64. The normalized spacial score (nSPS) is 10.9. The van der Waals surface area contributed by atoms with Gasteiger partial charge in [0.2, 0.25) is 5.91 Å². The van der Waals surface area contributed by atoms with Crippen LogP contribution < -0.4 is 0 Å². The number of carbonyl (C=O) groups is 1. The first-order chi connectivity index (χ1) is 11.7. The molecule has 0 atom stereocenters. The minimum atomic E-state index is 0.117. The van der Waals surface area contributed by atoms with Gasteiger partial charge in [-0.25, -0.2) is 4.98 Å². The summed E-state index contributed by atoms with van der Waals surface area (Å²) in [7, 11) is 0. The zero-order valence-electron chi connectivity index (χ0n) is 14.1. The van der Waals surface area contributed by atoms with E-state index in [0.717, 1.165) is 17.8 Å². The van der Waals surface area contributed by atoms with Crippen molar-refractivity contribution in [2.45, 2.75) is 26.7 Å². The van der Waals surface area contributed by atoms with Gasteiger partial charge in [-0.1, -0.05) is 0 Å². The van der Waals surface area contributed by atoms with E-state index in [1.54, 1.807) is 12.4 Å². The maximum absolute atomic E-state index is 12.6. The van der Waals surface area contributed by atoms with Gasteiger partial charge in [0.25, 0.3) is 0 Å². The first-order valence-electron chi connectivity index (χ1n) is 8.26. The maximum Gasteiger partial charge on any atom is 0.228 e. The van der Waals surface area contributed by atoms with Crippen LogP contribution in [-0.4, -0.2) is 38.3 Å². The molecule has 0 bridgehead atoms. The molecule has 5 nitrogen and oxygen atoms in total. The van der Waals surface area contributed by atoms with Gasteiger partial charge in [-0.05, 0) is 55.7 Å². The number of imidazole rings is 1. The molecule has 3 aromatic heterocycles. The Morgan fingerprint density at radius 3 is 2.79 bits per heavy atom. The number of hydrogen-bond acceptors (Lipinski definition) is 3. The summed E-state index contributed by atoms with van der Waals surface area (Å²) in [5, 5.41) is 0. The molecule has 0 radical (unpaired) electrons. The molecule has 0 fully saturated rings. The predicted octanol–water partition coefficient (Wildman–Crippen LogP) is 2.67. The topological polar surface area (TPSA) is 50.5 Å². The lowest BCUT2D eigenvalue weighted by Gasteiger charge is -2.20. The smallest absolute Gasteiger partial charge is 0.228 e. The van der Waals surface area contributed by atoms with Crippen LogP contribution in [0.4, 0.5) is 0 Å². The van der Waals surface area contributed by atoms with Crippen LogP contribution in [0.5, 0.6) is 0 Å². The summed E-state index contributed by atoms with van der Waals surface area (Å²) in [6, 6.07) is 8.04. The van der Waals surface area contributed by atoms with E-state index in [0.29, 0.717) is 19.5 Å². The van der Waals surface area contributed by atoms with E-state index < -0.39 is 0 Å². The standard InChI is InChI=1S/C19H22N4O/c1-3-22(11-7-16-4-8-20-9-5-16)19(24)13-17-14-23-10-6-15(2)12-18(23)21-17/h4-6,8-10,12,14H,3,7,11,13H2,1-2H3. The average molecular weight is 322 g/mol. The monoisotopic (exact) mass is 322 g/mol. The van der Waals surface area contributed by atoms with Crippen molar-refractivity contribution >= 4 is 11.6 Å². The Hall–Kier alpha value is -2.69. The van der Waals surface area contributed by atoms with Crippen LogP contribution in [0.2, 0.25) is 0 Å². The second kappa shape index (κ2) is 7.25. The van der Waals surface area contributed by atoms with Crippen molar-refractivity contribution in [2.24, 2.45) is 0 Å². The minimum absolute atomic E-state index is 0.117. The van der Waals surface area contributed by atoms with Crippen LogP contribution >= 0.6 is 0 Å². The fourth-order valence-electron chi connectivity index (χ4n) is 2.76. The highest BCUT2D eigenvalue weighted by Gasteiger charge is 2.14. The van der Waals surface area contributed by atoms with Crippen LogP contribution in [0.1, 0.15) is 23.7 Å². The third kappa shape index (κ3) is 3.79. The molecule has 0 saturated carbocycles. The minimum Gasteiger partial charge on any atom is -0.342 e. The number of rotatable bonds is 6. The Morgan fingerprint density at radius 1 is 1.25 bits per heavy atom. The quantitative estimate of drug-likeness (QED) is 0.701. The van der Waals surface area contributed by atoms with Crippen LogP contribution in [0, 0.1) is 6.92 Å². The molecular formula is C19H22N4O. The van der Waals surface area contributed by atoms with E-state index in [2.05, 4.69) is 9.97 Å². The number of aromatic nitrogens is 3. The zero-order valence-corrected chi connectivity index (χ0v) is 14.1. The molecular weight excluding hydrogens is 300 g/mol. The first-order valence-corrected chi connectivity index (χ1v) is 8.26. The summed E-state index contributed by atoms with van der Waals surface area (Å²) in [5.41, 5.74) is 4.06. The van der Waals surface area contributed by atoms with Crippen LogP contribution in [0.3, 0.4) is 0 Å². The number of nitrogens with zero attached hydrogens (tertiary/aromatic N) is 4. The second-order valence-electron chi connectivity index (χ2n) is 5.96. The Kier molecular flexibility index (Phi) is 4.89. The van der Waals surface area contributed by atoms with Crippen molar-refractivity contribution in [1.82, 2.24) is 19.3 Å². The van der Waals surface area contributed by atoms with Crippen molar-refractivity contribution in [1.29, 1.82) is 0 Å². The van der Waals surface area contributed by atoms with E-state index in [1.165, 1.54) is 11.1 Å². The molecule has 0 aliphatic heterocycles. The number of aryl methyl sites for hydroxylation is 1. The van der Waals surface area contributed by atoms with Crippen LogP contribution in [0.15, 0.2) is 49.1 Å². The molecule has 124 valence electrons. The third-order valence-electron chi connectivity index (χ3n) is 4.15. The molecule has 3 aromatic rings. The van der Waals surface area contributed by atoms with Gasteiger partial charge in [0.05, 0.1) is 12.1 Å². The van der Waals surface area contributed by atoms with Gasteiger partial charge in [0.1, 0.15) is 5.65 Å². The summed E-state index contributed by atoms with van der Waals surface area (Å²) in [4.78, 5) is 23.0. The van der Waals surface area contributed by atoms with Gasteiger partial charge in [-0.2, -0.15) is 0 Å². The van der Waals surface area contributed by atoms with E-state index in [-0.39, 0.29) is 5.91 Å². The Morgan fingerprint density at radius 2 is 2.04 bits per heavy atom. The molecule has 0 spiro atoms. The van der Waals surface area contributed by atoms with Gasteiger partial charge < -0.3 is 9.30 Å². The molecule has 0 N–H and O–H groups in total. The molecule has 0 aliphatic carbocycles. The van der Waals surface area contributed by atoms with Crippen molar-refractivity contribution in [3.63, 3.8) is 0 Å². The maximum atomic E-state index is 12.6. The lowest BCUT2D eigenvalue weighted by atomic mass is 10.2. The Bertz CT molecular complexity index is 826. The van der Waals surface area contributed by atoms with E-state index in [9.17, 15) is 4.79 Å². The van der Waals surface area contributed by atoms with Gasteiger partial charge in [-0.3, -0.25) is 9.78 Å². The molecule has 5 heteroatoms. The summed E-state index contributed by atoms with van der Waals surface area (Å²) in [5.74, 6) is 0.117. The van der Waals surface area contributed by atoms with E-state index in [1.807, 2.05) is 59.8 Å². The van der Waals surface area contributed by atoms with E-state index in [4.69, 9.17) is 0 Å². The molecule has 0 unspecified atom stereocenters. The van der Waals surface area contributed by atoms with Crippen molar-refractivity contribution in [3.8, 4) is 0 Å². The number of fused-ring (bicyclic) bond motifs is 1. The summed E-state index contributed by atoms with van der Waals surface area (Å²) in [6.07, 6.45) is 8.66. The molecule has 1 amide bonds. The number of carbonyl (C=O) groups excluding carboxylic acids is 1.